The highest BCUT2D eigenvalue weighted by atomic mass is 16.5. The van der Waals surface area contributed by atoms with Gasteiger partial charge in [0.15, 0.2) is 5.43 Å². The molecule has 1 aliphatic heterocycles. The van der Waals surface area contributed by atoms with Gasteiger partial charge in [-0.2, -0.15) is 5.10 Å². The molecule has 3 heterocycles. The highest BCUT2D eigenvalue weighted by molar-refractivity contribution is 5.96. The van der Waals surface area contributed by atoms with Gasteiger partial charge in [-0.1, -0.05) is 26.0 Å². The Balaban J connectivity index is 1.71. The summed E-state index contributed by atoms with van der Waals surface area (Å²) in [5, 5.41) is 6.10. The van der Waals surface area contributed by atoms with Crippen LogP contribution in [-0.2, 0) is 4.74 Å². The van der Waals surface area contributed by atoms with E-state index < -0.39 is 0 Å². The third kappa shape index (κ3) is 2.81. The molecule has 2 aliphatic rings. The van der Waals surface area contributed by atoms with E-state index in [9.17, 15) is 4.79 Å². The van der Waals surface area contributed by atoms with Gasteiger partial charge in [-0.3, -0.25) is 9.48 Å². The molecule has 2 atom stereocenters. The molecule has 1 fully saturated rings. The molecule has 3 aromatic rings. The maximum atomic E-state index is 12.6. The van der Waals surface area contributed by atoms with Crippen LogP contribution in [0.4, 0.5) is 0 Å². The van der Waals surface area contributed by atoms with Crippen LogP contribution in [0.2, 0.25) is 0 Å². The number of methoxy groups -OCH3 is 1. The van der Waals surface area contributed by atoms with Crippen LogP contribution in [-0.4, -0.2) is 34.7 Å². The smallest absolute Gasteiger partial charge is 0.185 e. The summed E-state index contributed by atoms with van der Waals surface area (Å²) >= 11 is 0. The first kappa shape index (κ1) is 19.4. The first-order valence-electron chi connectivity index (χ1n) is 10.8. The number of pyridine rings is 1. The number of benzene rings is 1. The minimum atomic E-state index is 0.0726. The summed E-state index contributed by atoms with van der Waals surface area (Å²) < 4.78 is 15.7. The van der Waals surface area contributed by atoms with Gasteiger partial charge >= 0.3 is 0 Å². The first-order valence-corrected chi connectivity index (χ1v) is 10.8. The van der Waals surface area contributed by atoms with Gasteiger partial charge in [0.1, 0.15) is 11.3 Å². The number of fused-ring (bicyclic) bond motifs is 8. The lowest BCUT2D eigenvalue weighted by molar-refractivity contribution is 0.172. The molecule has 1 aromatic carbocycles. The number of aromatic nitrogens is 3. The molecule has 6 nitrogen and oxygen atoms in total. The third-order valence-corrected chi connectivity index (χ3v) is 6.81. The zero-order valence-electron chi connectivity index (χ0n) is 18.1. The Labute approximate surface area is 176 Å². The van der Waals surface area contributed by atoms with E-state index >= 15 is 0 Å². The fourth-order valence-electron chi connectivity index (χ4n) is 5.33. The van der Waals surface area contributed by atoms with Crippen LogP contribution in [0.3, 0.4) is 0 Å². The van der Waals surface area contributed by atoms with E-state index in [0.717, 1.165) is 52.9 Å². The number of aryl methyl sites for hydroxylation is 1. The number of ether oxygens (including phenoxy) is 2. The second kappa shape index (κ2) is 6.98. The van der Waals surface area contributed by atoms with Crippen molar-refractivity contribution in [2.75, 3.05) is 20.3 Å². The molecule has 0 bridgehead atoms. The van der Waals surface area contributed by atoms with Crippen molar-refractivity contribution < 1.29 is 9.47 Å². The second-order valence-corrected chi connectivity index (χ2v) is 9.29. The predicted molar refractivity (Wildman–Crippen MR) is 117 cm³/mol. The molecule has 1 saturated carbocycles. The molecular formula is C24H29N3O3. The maximum absolute atomic E-state index is 12.6. The van der Waals surface area contributed by atoms with Crippen LogP contribution in [0, 0.1) is 12.3 Å². The Hall–Kier alpha value is -2.60. The molecule has 158 valence electrons. The van der Waals surface area contributed by atoms with Crippen LogP contribution in [0.5, 0.6) is 5.75 Å². The van der Waals surface area contributed by atoms with Gasteiger partial charge in [-0.15, -0.1) is 0 Å². The topological polar surface area (TPSA) is 58.3 Å². The Morgan fingerprint density at radius 3 is 2.90 bits per heavy atom. The van der Waals surface area contributed by atoms with E-state index in [4.69, 9.17) is 14.6 Å². The largest absolute Gasteiger partial charge is 0.491 e. The lowest BCUT2D eigenvalue weighted by Crippen LogP contribution is -2.34. The van der Waals surface area contributed by atoms with E-state index in [2.05, 4.69) is 35.4 Å². The summed E-state index contributed by atoms with van der Waals surface area (Å²) in [5.74, 6) is 0.792. The van der Waals surface area contributed by atoms with Crippen LogP contribution < -0.4 is 10.2 Å². The summed E-state index contributed by atoms with van der Waals surface area (Å²) in [6.45, 7) is 7.82. The lowest BCUT2D eigenvalue weighted by atomic mass is 9.85. The monoisotopic (exact) mass is 407 g/mol. The standard InChI is InChI=1S/C24H29N3O3/c1-15-14-26-18(13-19(15)28)22-16-7-5-8-20(30-12-6-11-29-4)21(16)25-27(22)17-9-10-24(2,3)23(17)26/h5,7-8,13-14,17,23H,6,9-12H2,1-4H3. The normalized spacial score (nSPS) is 21.3. The van der Waals surface area contributed by atoms with Crippen molar-refractivity contribution in [2.45, 2.75) is 52.1 Å². The van der Waals surface area contributed by atoms with E-state index in [1.807, 2.05) is 19.1 Å². The highest BCUT2D eigenvalue weighted by Gasteiger charge is 2.48. The van der Waals surface area contributed by atoms with Crippen molar-refractivity contribution in [2.24, 2.45) is 5.41 Å². The van der Waals surface area contributed by atoms with E-state index in [-0.39, 0.29) is 22.9 Å². The fourth-order valence-corrected chi connectivity index (χ4v) is 5.33. The molecule has 0 spiro atoms. The van der Waals surface area contributed by atoms with E-state index in [1.165, 1.54) is 0 Å². The van der Waals surface area contributed by atoms with E-state index in [0.29, 0.717) is 13.2 Å². The molecule has 0 saturated heterocycles. The SMILES string of the molecule is COCCCOc1cccc2c3n(nc12)C1CCC(C)(C)C1n1cc(C)c(=O)cc1-3. The minimum absolute atomic E-state index is 0.0726. The van der Waals surface area contributed by atoms with Crippen LogP contribution in [0.25, 0.3) is 22.3 Å². The van der Waals surface area contributed by atoms with Gasteiger partial charge in [0.25, 0.3) is 0 Å². The van der Waals surface area contributed by atoms with Crippen LogP contribution >= 0.6 is 0 Å². The first-order chi connectivity index (χ1) is 14.4. The maximum Gasteiger partial charge on any atom is 0.185 e. The van der Waals surface area contributed by atoms with Crippen molar-refractivity contribution in [1.82, 2.24) is 14.3 Å². The molecule has 0 amide bonds. The molecule has 5 rings (SSSR count). The molecule has 30 heavy (non-hydrogen) atoms. The molecule has 2 aromatic heterocycles. The van der Waals surface area contributed by atoms with Gasteiger partial charge in [0.2, 0.25) is 0 Å². The third-order valence-electron chi connectivity index (χ3n) is 6.81. The lowest BCUT2D eigenvalue weighted by Gasteiger charge is -2.39. The fraction of sp³-hybridized carbons (Fsp3) is 0.500. The second-order valence-electron chi connectivity index (χ2n) is 9.29. The number of hydrogen-bond acceptors (Lipinski definition) is 4. The van der Waals surface area contributed by atoms with Crippen LogP contribution in [0.1, 0.15) is 50.8 Å². The number of nitrogens with zero attached hydrogens (tertiary/aromatic N) is 3. The summed E-state index contributed by atoms with van der Waals surface area (Å²) in [7, 11) is 1.70. The summed E-state index contributed by atoms with van der Waals surface area (Å²) in [6.07, 6.45) is 5.09. The Bertz CT molecular complexity index is 1170. The summed E-state index contributed by atoms with van der Waals surface area (Å²) in [5.41, 5.74) is 3.86. The Kier molecular flexibility index (Phi) is 4.51. The number of hydrogen-bond donors (Lipinski definition) is 0. The molecule has 0 N–H and O–H groups in total. The zero-order valence-corrected chi connectivity index (χ0v) is 18.1. The van der Waals surface area contributed by atoms with Crippen molar-refractivity contribution in [3.63, 3.8) is 0 Å². The van der Waals surface area contributed by atoms with Crippen LogP contribution in [0.15, 0.2) is 35.3 Å². The zero-order chi connectivity index (χ0) is 21.0. The summed E-state index contributed by atoms with van der Waals surface area (Å²) in [4.78, 5) is 12.6. The predicted octanol–water partition coefficient (Wildman–Crippen LogP) is 4.50. The van der Waals surface area contributed by atoms with Gasteiger partial charge in [-0.05, 0) is 31.2 Å². The van der Waals surface area contributed by atoms with Crippen molar-refractivity contribution >= 4 is 10.9 Å². The number of rotatable bonds is 5. The van der Waals surface area contributed by atoms with Crippen molar-refractivity contribution in [3.05, 3.63) is 46.2 Å². The average Bonchev–Trinajstić information content (AvgIpc) is 3.25. The Morgan fingerprint density at radius 2 is 2.10 bits per heavy atom. The highest BCUT2D eigenvalue weighted by Crippen LogP contribution is 2.56. The average molecular weight is 408 g/mol. The molecule has 6 heteroatoms. The molecule has 2 unspecified atom stereocenters. The summed E-state index contributed by atoms with van der Waals surface area (Å²) in [6, 6.07) is 8.42. The molecule has 1 aliphatic carbocycles. The van der Waals surface area contributed by atoms with Gasteiger partial charge in [0.05, 0.1) is 30.1 Å². The minimum Gasteiger partial charge on any atom is -0.491 e. The molecular weight excluding hydrogens is 378 g/mol. The van der Waals surface area contributed by atoms with Crippen molar-refractivity contribution in [1.29, 1.82) is 0 Å². The van der Waals surface area contributed by atoms with Gasteiger partial charge in [0, 0.05) is 43.4 Å². The van der Waals surface area contributed by atoms with Crippen molar-refractivity contribution in [3.8, 4) is 17.1 Å². The van der Waals surface area contributed by atoms with Gasteiger partial charge < -0.3 is 14.0 Å². The van der Waals surface area contributed by atoms with Gasteiger partial charge in [-0.25, -0.2) is 0 Å². The Morgan fingerprint density at radius 1 is 1.27 bits per heavy atom. The molecule has 0 radical (unpaired) electrons. The van der Waals surface area contributed by atoms with E-state index in [1.54, 1.807) is 13.2 Å². The quantitative estimate of drug-likeness (QED) is 0.584.